The van der Waals surface area contributed by atoms with E-state index in [-0.39, 0.29) is 0 Å². The molecule has 0 radical (unpaired) electrons. The topological polar surface area (TPSA) is 50.1 Å². The highest BCUT2D eigenvalue weighted by atomic mass is 32.2. The third-order valence-electron chi connectivity index (χ3n) is 1.16. The molecule has 0 aliphatic carbocycles. The fourth-order valence-corrected chi connectivity index (χ4v) is 1.59. The molecule has 1 unspecified atom stereocenters. The summed E-state index contributed by atoms with van der Waals surface area (Å²) in [6, 6.07) is 1.96. The lowest BCUT2D eigenvalue weighted by Crippen LogP contribution is -2.04. The van der Waals surface area contributed by atoms with Gasteiger partial charge in [-0.15, -0.1) is 0 Å². The summed E-state index contributed by atoms with van der Waals surface area (Å²) in [6.07, 6.45) is 1.20. The van der Waals surface area contributed by atoms with E-state index in [0.29, 0.717) is 24.5 Å². The van der Waals surface area contributed by atoms with Gasteiger partial charge in [0.05, 0.1) is 6.07 Å². The molecule has 0 saturated heterocycles. The van der Waals surface area contributed by atoms with Crippen molar-refractivity contribution in [1.29, 1.82) is 5.26 Å². The van der Waals surface area contributed by atoms with Crippen molar-refractivity contribution in [2.75, 3.05) is 25.2 Å². The Morgan fingerprint density at radius 1 is 1.55 bits per heavy atom. The van der Waals surface area contributed by atoms with Crippen molar-refractivity contribution < 1.29 is 8.95 Å². The summed E-state index contributed by atoms with van der Waals surface area (Å²) in [5.41, 5.74) is 0. The van der Waals surface area contributed by atoms with Crippen molar-refractivity contribution in [3.63, 3.8) is 0 Å². The van der Waals surface area contributed by atoms with Gasteiger partial charge in [-0.25, -0.2) is 0 Å². The zero-order chi connectivity index (χ0) is 8.53. The first-order valence-electron chi connectivity index (χ1n) is 3.52. The molecular formula is C7H13NO2S. The van der Waals surface area contributed by atoms with Crippen LogP contribution < -0.4 is 0 Å². The monoisotopic (exact) mass is 175 g/mol. The van der Waals surface area contributed by atoms with Crippen molar-refractivity contribution in [2.45, 2.75) is 12.8 Å². The first-order valence-corrected chi connectivity index (χ1v) is 5.01. The highest BCUT2D eigenvalue weighted by molar-refractivity contribution is 7.84. The van der Waals surface area contributed by atoms with Crippen LogP contribution in [0, 0.1) is 11.3 Å². The standard InChI is InChI=1S/C7H13NO2S/c1-10-5-3-7-11(9)6-2-4-8/h2-3,5-7H2,1H3. The van der Waals surface area contributed by atoms with E-state index < -0.39 is 10.8 Å². The van der Waals surface area contributed by atoms with E-state index in [1.165, 1.54) is 0 Å². The molecule has 0 aliphatic heterocycles. The number of hydrogen-bond acceptors (Lipinski definition) is 3. The van der Waals surface area contributed by atoms with E-state index in [1.807, 2.05) is 6.07 Å². The van der Waals surface area contributed by atoms with Gasteiger partial charge in [-0.05, 0) is 6.42 Å². The minimum atomic E-state index is -0.824. The maximum absolute atomic E-state index is 11.0. The summed E-state index contributed by atoms with van der Waals surface area (Å²) >= 11 is 0. The van der Waals surface area contributed by atoms with E-state index in [4.69, 9.17) is 10.00 Å². The van der Waals surface area contributed by atoms with E-state index in [1.54, 1.807) is 7.11 Å². The third-order valence-corrected chi connectivity index (χ3v) is 2.57. The average Bonchev–Trinajstić information content (AvgIpc) is 2.01. The van der Waals surface area contributed by atoms with E-state index >= 15 is 0 Å². The second-order valence-corrected chi connectivity index (χ2v) is 3.80. The number of rotatable bonds is 6. The molecule has 0 amide bonds. The number of methoxy groups -OCH3 is 1. The van der Waals surface area contributed by atoms with E-state index in [0.717, 1.165) is 6.42 Å². The predicted molar refractivity (Wildman–Crippen MR) is 44.6 cm³/mol. The number of nitriles is 1. The van der Waals surface area contributed by atoms with E-state index in [2.05, 4.69) is 0 Å². The summed E-state index contributed by atoms with van der Waals surface area (Å²) in [7, 11) is 0.799. The summed E-state index contributed by atoms with van der Waals surface area (Å²) in [4.78, 5) is 0. The quantitative estimate of drug-likeness (QED) is 0.558. The molecule has 1 atom stereocenters. The number of hydrogen-bond donors (Lipinski definition) is 0. The summed E-state index contributed by atoms with van der Waals surface area (Å²) < 4.78 is 15.8. The lowest BCUT2D eigenvalue weighted by Gasteiger charge is -1.97. The van der Waals surface area contributed by atoms with Crippen molar-refractivity contribution in [2.24, 2.45) is 0 Å². The molecule has 4 heteroatoms. The van der Waals surface area contributed by atoms with Crippen LogP contribution in [-0.4, -0.2) is 29.4 Å². The van der Waals surface area contributed by atoms with Gasteiger partial charge in [-0.3, -0.25) is 4.21 Å². The van der Waals surface area contributed by atoms with Crippen LogP contribution >= 0.6 is 0 Å². The molecule has 0 bridgehead atoms. The Kier molecular flexibility index (Phi) is 7.42. The van der Waals surface area contributed by atoms with Gasteiger partial charge in [-0.2, -0.15) is 5.26 Å². The van der Waals surface area contributed by atoms with Crippen LogP contribution in [0.2, 0.25) is 0 Å². The van der Waals surface area contributed by atoms with Crippen molar-refractivity contribution in [1.82, 2.24) is 0 Å². The third kappa shape index (κ3) is 7.50. The van der Waals surface area contributed by atoms with Crippen LogP contribution in [0.4, 0.5) is 0 Å². The lowest BCUT2D eigenvalue weighted by molar-refractivity contribution is 0.200. The van der Waals surface area contributed by atoms with Gasteiger partial charge in [-0.1, -0.05) is 0 Å². The Bertz CT molecular complexity index is 153. The van der Waals surface area contributed by atoms with E-state index in [9.17, 15) is 4.21 Å². The Hall–Kier alpha value is -0.400. The first-order chi connectivity index (χ1) is 5.31. The smallest absolute Gasteiger partial charge is 0.0631 e. The molecule has 0 spiro atoms. The van der Waals surface area contributed by atoms with Gasteiger partial charge >= 0.3 is 0 Å². The molecule has 0 aliphatic rings. The number of nitrogens with zero attached hydrogens (tertiary/aromatic N) is 1. The van der Waals surface area contributed by atoms with Crippen molar-refractivity contribution in [3.8, 4) is 6.07 Å². The maximum atomic E-state index is 11.0. The normalized spacial score (nSPS) is 12.4. The minimum Gasteiger partial charge on any atom is -0.385 e. The highest BCUT2D eigenvalue weighted by Gasteiger charge is 1.97. The van der Waals surface area contributed by atoms with Crippen LogP contribution in [0.25, 0.3) is 0 Å². The summed E-state index contributed by atoms with van der Waals surface area (Å²) in [5, 5.41) is 8.18. The molecule has 0 aromatic rings. The summed E-state index contributed by atoms with van der Waals surface area (Å²) in [5.74, 6) is 1.15. The fraction of sp³-hybridized carbons (Fsp3) is 0.857. The van der Waals surface area contributed by atoms with Gasteiger partial charge in [0.25, 0.3) is 0 Å². The minimum absolute atomic E-state index is 0.388. The second-order valence-electron chi connectivity index (χ2n) is 2.10. The van der Waals surface area contributed by atoms with Crippen molar-refractivity contribution in [3.05, 3.63) is 0 Å². The van der Waals surface area contributed by atoms with Gasteiger partial charge in [0.15, 0.2) is 0 Å². The van der Waals surface area contributed by atoms with Crippen LogP contribution in [0.1, 0.15) is 12.8 Å². The average molecular weight is 175 g/mol. The molecule has 3 nitrogen and oxygen atoms in total. The van der Waals surface area contributed by atoms with Crippen LogP contribution in [-0.2, 0) is 15.5 Å². The molecule has 0 N–H and O–H groups in total. The largest absolute Gasteiger partial charge is 0.385 e. The fourth-order valence-electron chi connectivity index (χ4n) is 0.626. The van der Waals surface area contributed by atoms with Gasteiger partial charge < -0.3 is 4.74 Å². The van der Waals surface area contributed by atoms with Crippen LogP contribution in [0.15, 0.2) is 0 Å². The Balaban J connectivity index is 3.17. The molecule has 0 aromatic heterocycles. The Morgan fingerprint density at radius 2 is 2.27 bits per heavy atom. The zero-order valence-corrected chi connectivity index (χ0v) is 7.52. The Labute approximate surface area is 69.8 Å². The molecule has 0 aromatic carbocycles. The van der Waals surface area contributed by atoms with Crippen molar-refractivity contribution >= 4 is 10.8 Å². The first kappa shape index (κ1) is 10.6. The number of ether oxygens (including phenoxy) is 1. The van der Waals surface area contributed by atoms with Gasteiger partial charge in [0.2, 0.25) is 0 Å². The molecule has 0 heterocycles. The molecular weight excluding hydrogens is 162 g/mol. The molecule has 0 fully saturated rings. The van der Waals surface area contributed by atoms with Gasteiger partial charge in [0, 0.05) is 42.4 Å². The SMILES string of the molecule is COCCCS(=O)CCC#N. The lowest BCUT2D eigenvalue weighted by atomic mass is 10.5. The maximum Gasteiger partial charge on any atom is 0.0631 e. The Morgan fingerprint density at radius 3 is 2.82 bits per heavy atom. The molecule has 64 valence electrons. The zero-order valence-electron chi connectivity index (χ0n) is 6.71. The van der Waals surface area contributed by atoms with Crippen LogP contribution in [0.5, 0.6) is 0 Å². The highest BCUT2D eigenvalue weighted by Crippen LogP contribution is 1.90. The molecule has 0 rings (SSSR count). The van der Waals surface area contributed by atoms with Crippen LogP contribution in [0.3, 0.4) is 0 Å². The molecule has 0 saturated carbocycles. The van der Waals surface area contributed by atoms with Gasteiger partial charge in [0.1, 0.15) is 0 Å². The second kappa shape index (κ2) is 7.70. The molecule has 11 heavy (non-hydrogen) atoms. The predicted octanol–water partition coefficient (Wildman–Crippen LogP) is 0.685. The summed E-state index contributed by atoms with van der Waals surface area (Å²) in [6.45, 7) is 0.651.